The quantitative estimate of drug-likeness (QED) is 0.772. The lowest BCUT2D eigenvalue weighted by atomic mass is 10.0. The number of carbonyl (C=O) groups is 1. The summed E-state index contributed by atoms with van der Waals surface area (Å²) >= 11 is 1.60. The van der Waals surface area contributed by atoms with Crippen LogP contribution in [0, 0.1) is 0 Å². The van der Waals surface area contributed by atoms with Crippen LogP contribution >= 0.6 is 11.3 Å². The second-order valence-electron chi connectivity index (χ2n) is 5.50. The van der Waals surface area contributed by atoms with Gasteiger partial charge in [-0.2, -0.15) is 0 Å². The van der Waals surface area contributed by atoms with Gasteiger partial charge in [-0.05, 0) is 32.7 Å². The van der Waals surface area contributed by atoms with Gasteiger partial charge in [0.05, 0.1) is 17.1 Å². The van der Waals surface area contributed by atoms with Gasteiger partial charge in [0.1, 0.15) is 5.01 Å². The predicted octanol–water partition coefficient (Wildman–Crippen LogP) is 3.67. The molecule has 1 unspecified atom stereocenters. The molecule has 1 atom stereocenters. The second kappa shape index (κ2) is 6.62. The Bertz CT molecular complexity index is 441. The van der Waals surface area contributed by atoms with Crippen molar-refractivity contribution in [2.24, 2.45) is 0 Å². The minimum atomic E-state index is 0.166. The van der Waals surface area contributed by atoms with Gasteiger partial charge >= 0.3 is 0 Å². The normalized spacial score (nSPS) is 20.7. The van der Waals surface area contributed by atoms with Gasteiger partial charge in [-0.25, -0.2) is 4.98 Å². The Kier molecular flexibility index (Phi) is 5.11. The number of nitrogens with zero attached hydrogens (tertiary/aromatic N) is 2. The van der Waals surface area contributed by atoms with Gasteiger partial charge in [-0.3, -0.25) is 9.69 Å². The minimum Gasteiger partial charge on any atom is -0.294 e. The molecule has 0 aliphatic carbocycles. The Morgan fingerprint density at radius 2 is 2.26 bits per heavy atom. The van der Waals surface area contributed by atoms with Gasteiger partial charge in [0.15, 0.2) is 5.78 Å². The van der Waals surface area contributed by atoms with Crippen LogP contribution in [0.1, 0.15) is 66.8 Å². The van der Waals surface area contributed by atoms with Gasteiger partial charge in [-0.1, -0.05) is 19.8 Å². The molecule has 19 heavy (non-hydrogen) atoms. The smallest absolute Gasteiger partial charge is 0.171 e. The van der Waals surface area contributed by atoms with Crippen molar-refractivity contribution >= 4 is 17.1 Å². The Morgan fingerprint density at radius 3 is 2.89 bits per heavy atom. The van der Waals surface area contributed by atoms with Crippen LogP contribution in [0.25, 0.3) is 0 Å². The summed E-state index contributed by atoms with van der Waals surface area (Å²) in [6, 6.07) is 0.646. The summed E-state index contributed by atoms with van der Waals surface area (Å²) in [5.41, 5.74) is 1.01. The zero-order valence-electron chi connectivity index (χ0n) is 12.2. The number of carbonyl (C=O) groups excluding carboxylic acids is 1. The van der Waals surface area contributed by atoms with Gasteiger partial charge in [0.25, 0.3) is 0 Å². The van der Waals surface area contributed by atoms with Crippen molar-refractivity contribution in [2.45, 2.75) is 65.5 Å². The molecule has 0 radical (unpaired) electrons. The van der Waals surface area contributed by atoms with E-state index in [0.717, 1.165) is 35.0 Å². The van der Waals surface area contributed by atoms with Crippen LogP contribution in [0.4, 0.5) is 0 Å². The molecule has 1 aliphatic rings. The second-order valence-corrected chi connectivity index (χ2v) is 6.59. The van der Waals surface area contributed by atoms with E-state index in [1.54, 1.807) is 18.3 Å². The molecular formula is C15H24N2OS. The third-order valence-corrected chi connectivity index (χ3v) is 5.01. The maximum Gasteiger partial charge on any atom is 0.171 e. The average molecular weight is 280 g/mol. The first kappa shape index (κ1) is 14.7. The molecule has 1 saturated heterocycles. The summed E-state index contributed by atoms with van der Waals surface area (Å²) in [6.45, 7) is 8.16. The fraction of sp³-hybridized carbons (Fsp3) is 0.733. The topological polar surface area (TPSA) is 33.2 Å². The Morgan fingerprint density at radius 1 is 1.47 bits per heavy atom. The summed E-state index contributed by atoms with van der Waals surface area (Å²) < 4.78 is 0. The number of hydrogen-bond acceptors (Lipinski definition) is 4. The van der Waals surface area contributed by atoms with E-state index < -0.39 is 0 Å². The van der Waals surface area contributed by atoms with Crippen molar-refractivity contribution in [2.75, 3.05) is 6.54 Å². The summed E-state index contributed by atoms with van der Waals surface area (Å²) in [7, 11) is 0. The molecule has 2 heterocycles. The fourth-order valence-corrected chi connectivity index (χ4v) is 3.75. The van der Waals surface area contributed by atoms with Gasteiger partial charge in [-0.15, -0.1) is 11.3 Å². The lowest BCUT2D eigenvalue weighted by molar-refractivity contribution is 0.102. The van der Waals surface area contributed by atoms with Crippen molar-refractivity contribution in [3.05, 3.63) is 15.6 Å². The Labute approximate surface area is 120 Å². The van der Waals surface area contributed by atoms with E-state index >= 15 is 0 Å². The van der Waals surface area contributed by atoms with Crippen LogP contribution in [-0.4, -0.2) is 28.3 Å². The lowest BCUT2D eigenvalue weighted by Gasteiger charge is -2.32. The highest BCUT2D eigenvalue weighted by Crippen LogP contribution is 2.25. The molecule has 1 aromatic heterocycles. The molecule has 1 aromatic rings. The molecule has 106 valence electrons. The van der Waals surface area contributed by atoms with Crippen LogP contribution in [-0.2, 0) is 13.0 Å². The first-order valence-electron chi connectivity index (χ1n) is 7.35. The first-order valence-corrected chi connectivity index (χ1v) is 8.17. The maximum absolute atomic E-state index is 11.7. The van der Waals surface area contributed by atoms with E-state index in [-0.39, 0.29) is 5.78 Å². The standard InChI is InChI=1S/C15H24N2OS/c1-4-7-13-15(12(3)18)19-14(16-13)10-17-9-6-5-8-11(17)2/h11H,4-10H2,1-3H3. The van der Waals surface area contributed by atoms with E-state index in [4.69, 9.17) is 4.98 Å². The summed E-state index contributed by atoms with van der Waals surface area (Å²) in [6.07, 6.45) is 5.88. The SMILES string of the molecule is CCCc1nc(CN2CCCCC2C)sc1C(C)=O. The molecule has 0 aromatic carbocycles. The van der Waals surface area contributed by atoms with Crippen molar-refractivity contribution in [1.29, 1.82) is 0 Å². The van der Waals surface area contributed by atoms with Crippen LogP contribution in [0.15, 0.2) is 0 Å². The molecule has 0 bridgehead atoms. The number of likely N-dealkylation sites (tertiary alicyclic amines) is 1. The minimum absolute atomic E-state index is 0.166. The molecule has 1 fully saturated rings. The molecule has 4 heteroatoms. The molecule has 0 spiro atoms. The number of aryl methyl sites for hydroxylation is 1. The maximum atomic E-state index is 11.7. The zero-order chi connectivity index (χ0) is 13.8. The highest BCUT2D eigenvalue weighted by atomic mass is 32.1. The number of piperidine rings is 1. The van der Waals surface area contributed by atoms with Crippen molar-refractivity contribution in [3.8, 4) is 0 Å². The van der Waals surface area contributed by atoms with Crippen molar-refractivity contribution in [1.82, 2.24) is 9.88 Å². The molecule has 1 aliphatic heterocycles. The molecule has 0 N–H and O–H groups in total. The number of thiazole rings is 1. The monoisotopic (exact) mass is 280 g/mol. The van der Waals surface area contributed by atoms with Crippen LogP contribution in [0.2, 0.25) is 0 Å². The van der Waals surface area contributed by atoms with E-state index in [0.29, 0.717) is 6.04 Å². The lowest BCUT2D eigenvalue weighted by Crippen LogP contribution is -2.36. The van der Waals surface area contributed by atoms with Crippen LogP contribution < -0.4 is 0 Å². The van der Waals surface area contributed by atoms with E-state index in [1.165, 1.54) is 25.8 Å². The molecule has 0 saturated carbocycles. The third-order valence-electron chi connectivity index (χ3n) is 3.83. The number of Topliss-reactive ketones (excluding diaryl/α,β-unsaturated/α-hetero) is 1. The van der Waals surface area contributed by atoms with Crippen molar-refractivity contribution in [3.63, 3.8) is 0 Å². The summed E-state index contributed by atoms with van der Waals surface area (Å²) in [5, 5.41) is 1.11. The Hall–Kier alpha value is -0.740. The van der Waals surface area contributed by atoms with Crippen molar-refractivity contribution < 1.29 is 4.79 Å². The summed E-state index contributed by atoms with van der Waals surface area (Å²) in [5.74, 6) is 0.166. The molecule has 0 amide bonds. The largest absolute Gasteiger partial charge is 0.294 e. The van der Waals surface area contributed by atoms with E-state index in [9.17, 15) is 4.79 Å². The molecule has 3 nitrogen and oxygen atoms in total. The van der Waals surface area contributed by atoms with Gasteiger partial charge in [0, 0.05) is 13.0 Å². The van der Waals surface area contributed by atoms with E-state index in [2.05, 4.69) is 18.7 Å². The number of aromatic nitrogens is 1. The zero-order valence-corrected chi connectivity index (χ0v) is 13.1. The fourth-order valence-electron chi connectivity index (χ4n) is 2.72. The predicted molar refractivity (Wildman–Crippen MR) is 79.8 cm³/mol. The first-order chi connectivity index (χ1) is 9.11. The Balaban J connectivity index is 2.11. The number of ketones is 1. The number of rotatable bonds is 5. The highest BCUT2D eigenvalue weighted by Gasteiger charge is 2.21. The molecular weight excluding hydrogens is 256 g/mol. The van der Waals surface area contributed by atoms with E-state index in [1.807, 2.05) is 0 Å². The number of hydrogen-bond donors (Lipinski definition) is 0. The molecule has 2 rings (SSSR count). The average Bonchev–Trinajstić information content (AvgIpc) is 2.76. The third kappa shape index (κ3) is 3.63. The van der Waals surface area contributed by atoms with Crippen LogP contribution in [0.5, 0.6) is 0 Å². The highest BCUT2D eigenvalue weighted by molar-refractivity contribution is 7.13. The summed E-state index contributed by atoms with van der Waals surface area (Å²) in [4.78, 5) is 19.8. The van der Waals surface area contributed by atoms with Gasteiger partial charge in [0.2, 0.25) is 0 Å². The van der Waals surface area contributed by atoms with Crippen LogP contribution in [0.3, 0.4) is 0 Å². The van der Waals surface area contributed by atoms with Gasteiger partial charge < -0.3 is 0 Å².